The third-order valence-corrected chi connectivity index (χ3v) is 7.19. The van der Waals surface area contributed by atoms with E-state index in [-0.39, 0.29) is 17.8 Å². The summed E-state index contributed by atoms with van der Waals surface area (Å²) in [5.41, 5.74) is 5.80. The first kappa shape index (κ1) is 21.7. The van der Waals surface area contributed by atoms with E-state index >= 15 is 0 Å². The quantitative estimate of drug-likeness (QED) is 0.442. The highest BCUT2D eigenvalue weighted by atomic mass is 19.1. The lowest BCUT2D eigenvalue weighted by Crippen LogP contribution is -2.21. The number of carbonyl (C=O) groups is 1. The molecule has 0 saturated heterocycles. The molecule has 1 fully saturated rings. The Labute approximate surface area is 194 Å². The summed E-state index contributed by atoms with van der Waals surface area (Å²) in [5.74, 6) is -0.0354. The fourth-order valence-electron chi connectivity index (χ4n) is 5.14. The van der Waals surface area contributed by atoms with Gasteiger partial charge in [0.2, 0.25) is 0 Å². The van der Waals surface area contributed by atoms with Crippen LogP contribution in [0.1, 0.15) is 60.5 Å². The molecule has 170 valence electrons. The molecule has 3 nitrogen and oxygen atoms in total. The number of aliphatic carboxylic acids is 1. The van der Waals surface area contributed by atoms with Crippen molar-refractivity contribution in [1.29, 1.82) is 0 Å². The van der Waals surface area contributed by atoms with E-state index in [2.05, 4.69) is 18.2 Å². The number of halogens is 1. The van der Waals surface area contributed by atoms with Crippen LogP contribution in [0.3, 0.4) is 0 Å². The molecule has 0 aromatic heterocycles. The van der Waals surface area contributed by atoms with E-state index in [1.807, 2.05) is 44.2 Å². The van der Waals surface area contributed by atoms with Crippen molar-refractivity contribution in [2.24, 2.45) is 11.8 Å². The molecule has 1 heterocycles. The first-order valence-electron chi connectivity index (χ1n) is 11.8. The van der Waals surface area contributed by atoms with Crippen molar-refractivity contribution in [2.75, 3.05) is 0 Å². The fraction of sp³-hybridized carbons (Fsp3) is 0.345. The third kappa shape index (κ3) is 4.39. The van der Waals surface area contributed by atoms with Gasteiger partial charge in [-0.15, -0.1) is 0 Å². The second-order valence-corrected chi connectivity index (χ2v) is 9.61. The summed E-state index contributed by atoms with van der Waals surface area (Å²) in [6.45, 7) is 3.77. The van der Waals surface area contributed by atoms with Crippen molar-refractivity contribution in [1.82, 2.24) is 0 Å². The predicted octanol–water partition coefficient (Wildman–Crippen LogP) is 7.08. The summed E-state index contributed by atoms with van der Waals surface area (Å²) in [7, 11) is 0. The number of rotatable bonds is 6. The molecule has 0 amide bonds. The van der Waals surface area contributed by atoms with Gasteiger partial charge in [-0.05, 0) is 84.9 Å². The molecule has 0 radical (unpaired) electrons. The molecule has 0 spiro atoms. The highest BCUT2D eigenvalue weighted by molar-refractivity contribution is 5.71. The summed E-state index contributed by atoms with van der Waals surface area (Å²) in [5, 5.41) is 9.60. The van der Waals surface area contributed by atoms with Crippen LogP contribution in [0.15, 0.2) is 60.7 Å². The zero-order valence-corrected chi connectivity index (χ0v) is 19.1. The van der Waals surface area contributed by atoms with Gasteiger partial charge in [0, 0.05) is 5.56 Å². The minimum absolute atomic E-state index is 0.0280. The maximum Gasteiger partial charge on any atom is 0.306 e. The van der Waals surface area contributed by atoms with E-state index in [1.165, 1.54) is 11.6 Å². The second kappa shape index (κ2) is 8.66. The lowest BCUT2D eigenvalue weighted by atomic mass is 9.82. The van der Waals surface area contributed by atoms with Crippen LogP contribution in [0, 0.1) is 24.6 Å². The molecule has 5 rings (SSSR count). The van der Waals surface area contributed by atoms with Crippen LogP contribution >= 0.6 is 0 Å². The Morgan fingerprint density at radius 1 is 1.03 bits per heavy atom. The summed E-state index contributed by atoms with van der Waals surface area (Å²) in [6.07, 6.45) is 3.91. The standard InChI is InChI=1S/C29H29FO3/c1-17-3-13-25(30)24(15-17)19-4-6-20(7-5-19)26-14-12-21-8-11-23(16-27(21)33-26)28(22-9-10-22)18(2)29(31)32/h3-8,11,13,15-16,18,22,26,28H,9-10,12,14H2,1-2H3,(H,31,32)/t18-,26-,28-/m0/s1. The van der Waals surface area contributed by atoms with Crippen LogP contribution in [0.2, 0.25) is 0 Å². The number of ether oxygens (including phenoxy) is 1. The molecule has 3 aromatic rings. The molecule has 3 aromatic carbocycles. The van der Waals surface area contributed by atoms with Crippen molar-refractivity contribution in [3.8, 4) is 16.9 Å². The summed E-state index contributed by atoms with van der Waals surface area (Å²) in [6, 6.07) is 19.4. The Kier molecular flexibility index (Phi) is 5.69. The average Bonchev–Trinajstić information content (AvgIpc) is 3.65. The number of hydrogen-bond acceptors (Lipinski definition) is 2. The van der Waals surface area contributed by atoms with Gasteiger partial charge >= 0.3 is 5.97 Å². The number of benzene rings is 3. The summed E-state index contributed by atoms with van der Waals surface area (Å²) < 4.78 is 20.7. The topological polar surface area (TPSA) is 46.5 Å². The lowest BCUT2D eigenvalue weighted by molar-refractivity contribution is -0.142. The zero-order valence-electron chi connectivity index (χ0n) is 19.1. The fourth-order valence-corrected chi connectivity index (χ4v) is 5.14. The monoisotopic (exact) mass is 444 g/mol. The average molecular weight is 445 g/mol. The Bertz CT molecular complexity index is 1180. The van der Waals surface area contributed by atoms with E-state index in [9.17, 15) is 14.3 Å². The van der Waals surface area contributed by atoms with E-state index in [4.69, 9.17) is 4.74 Å². The molecule has 1 aliphatic heterocycles. The third-order valence-electron chi connectivity index (χ3n) is 7.19. The largest absolute Gasteiger partial charge is 0.485 e. The molecule has 1 aliphatic carbocycles. The highest BCUT2D eigenvalue weighted by Crippen LogP contribution is 2.48. The smallest absolute Gasteiger partial charge is 0.306 e. The van der Waals surface area contributed by atoms with E-state index < -0.39 is 11.9 Å². The van der Waals surface area contributed by atoms with Gasteiger partial charge in [0.05, 0.1) is 5.92 Å². The van der Waals surface area contributed by atoms with Crippen LogP contribution in [-0.4, -0.2) is 11.1 Å². The van der Waals surface area contributed by atoms with Crippen molar-refractivity contribution in [2.45, 2.75) is 51.6 Å². The molecule has 1 saturated carbocycles. The van der Waals surface area contributed by atoms with Gasteiger partial charge in [-0.1, -0.05) is 55.0 Å². The van der Waals surface area contributed by atoms with Crippen LogP contribution in [0.25, 0.3) is 11.1 Å². The van der Waals surface area contributed by atoms with Gasteiger partial charge in [0.1, 0.15) is 17.7 Å². The predicted molar refractivity (Wildman–Crippen MR) is 127 cm³/mol. The lowest BCUT2D eigenvalue weighted by Gasteiger charge is -2.29. The van der Waals surface area contributed by atoms with E-state index in [1.54, 1.807) is 6.07 Å². The van der Waals surface area contributed by atoms with Gasteiger partial charge in [0.15, 0.2) is 0 Å². The van der Waals surface area contributed by atoms with Crippen molar-refractivity contribution in [3.05, 3.63) is 88.7 Å². The van der Waals surface area contributed by atoms with Crippen LogP contribution in [0.4, 0.5) is 4.39 Å². The number of aryl methyl sites for hydroxylation is 2. The van der Waals surface area contributed by atoms with Gasteiger partial charge in [0.25, 0.3) is 0 Å². The molecular formula is C29H29FO3. The van der Waals surface area contributed by atoms with Crippen LogP contribution in [0.5, 0.6) is 5.75 Å². The van der Waals surface area contributed by atoms with E-state index in [0.717, 1.165) is 53.7 Å². The molecule has 4 heteroatoms. The summed E-state index contributed by atoms with van der Waals surface area (Å²) in [4.78, 5) is 11.7. The van der Waals surface area contributed by atoms with Crippen LogP contribution in [-0.2, 0) is 11.2 Å². The zero-order chi connectivity index (χ0) is 23.1. The Morgan fingerprint density at radius 3 is 2.48 bits per heavy atom. The molecular weight excluding hydrogens is 415 g/mol. The molecule has 3 atom stereocenters. The molecule has 0 unspecified atom stereocenters. The first-order chi connectivity index (χ1) is 15.9. The molecule has 0 bridgehead atoms. The number of carboxylic acid groups (broad SMARTS) is 1. The normalized spacial score (nSPS) is 19.3. The maximum atomic E-state index is 14.3. The minimum atomic E-state index is -0.742. The maximum absolute atomic E-state index is 14.3. The van der Waals surface area contributed by atoms with Gasteiger partial charge in [-0.25, -0.2) is 4.39 Å². The Morgan fingerprint density at radius 2 is 1.79 bits per heavy atom. The first-order valence-corrected chi connectivity index (χ1v) is 11.8. The van der Waals surface area contributed by atoms with E-state index in [0.29, 0.717) is 11.5 Å². The Hall–Kier alpha value is -3.14. The van der Waals surface area contributed by atoms with Crippen molar-refractivity contribution < 1.29 is 19.0 Å². The van der Waals surface area contributed by atoms with Crippen molar-refractivity contribution >= 4 is 5.97 Å². The van der Waals surface area contributed by atoms with Crippen LogP contribution < -0.4 is 4.74 Å². The van der Waals surface area contributed by atoms with Gasteiger partial charge in [-0.3, -0.25) is 4.79 Å². The summed E-state index contributed by atoms with van der Waals surface area (Å²) >= 11 is 0. The van der Waals surface area contributed by atoms with Crippen molar-refractivity contribution in [3.63, 3.8) is 0 Å². The van der Waals surface area contributed by atoms with Gasteiger partial charge < -0.3 is 9.84 Å². The Balaban J connectivity index is 1.38. The molecule has 33 heavy (non-hydrogen) atoms. The highest BCUT2D eigenvalue weighted by Gasteiger charge is 2.39. The SMILES string of the molecule is Cc1ccc(F)c(-c2ccc([C@@H]3CCc4ccc([C@H](C5CC5)[C@H](C)C(=O)O)cc4O3)cc2)c1. The number of hydrogen-bond donors (Lipinski definition) is 1. The second-order valence-electron chi connectivity index (χ2n) is 9.61. The number of fused-ring (bicyclic) bond motifs is 1. The molecule has 1 N–H and O–H groups in total. The minimum Gasteiger partial charge on any atom is -0.485 e. The van der Waals surface area contributed by atoms with Gasteiger partial charge in [-0.2, -0.15) is 0 Å². The number of carboxylic acids is 1. The molecule has 2 aliphatic rings.